The van der Waals surface area contributed by atoms with Crippen molar-refractivity contribution >= 4 is 11.6 Å². The topological polar surface area (TPSA) is 62.7 Å². The molecule has 2 aliphatic heterocycles. The van der Waals surface area contributed by atoms with Gasteiger partial charge in [-0.15, -0.1) is 0 Å². The number of piperidine rings is 1. The molecule has 1 aromatic carbocycles. The first kappa shape index (κ1) is 17.9. The van der Waals surface area contributed by atoms with E-state index in [-0.39, 0.29) is 23.9 Å². The monoisotopic (exact) mass is 347 g/mol. The van der Waals surface area contributed by atoms with E-state index in [1.165, 1.54) is 12.1 Å². The van der Waals surface area contributed by atoms with Crippen molar-refractivity contribution in [3.05, 3.63) is 35.6 Å². The molecule has 0 aromatic heterocycles. The summed E-state index contributed by atoms with van der Waals surface area (Å²) in [7, 11) is 0. The van der Waals surface area contributed by atoms with Crippen molar-refractivity contribution in [2.75, 3.05) is 13.1 Å². The van der Waals surface area contributed by atoms with Crippen LogP contribution in [0.4, 0.5) is 4.39 Å². The van der Waals surface area contributed by atoms with E-state index in [1.54, 1.807) is 12.1 Å². The minimum atomic E-state index is -0.457. The van der Waals surface area contributed by atoms with E-state index < -0.39 is 5.41 Å². The first-order valence-electron chi connectivity index (χ1n) is 8.99. The van der Waals surface area contributed by atoms with Gasteiger partial charge in [0.05, 0.1) is 11.1 Å². The molecule has 2 heterocycles. The maximum absolute atomic E-state index is 13.1. The Hall–Kier alpha value is -1.95. The number of hydrogen-bond donors (Lipinski definition) is 2. The predicted octanol–water partition coefficient (Wildman–Crippen LogP) is 2.60. The Bertz CT molecular complexity index is 637. The van der Waals surface area contributed by atoms with Gasteiger partial charge in [0.15, 0.2) is 0 Å². The molecule has 1 amide bonds. The molecule has 1 saturated heterocycles. The number of nitrogens with one attached hydrogen (secondary N) is 2. The predicted molar refractivity (Wildman–Crippen MR) is 94.9 cm³/mol. The van der Waals surface area contributed by atoms with E-state index >= 15 is 0 Å². The van der Waals surface area contributed by atoms with E-state index in [2.05, 4.69) is 15.8 Å². The molecule has 3 rings (SSSR count). The highest BCUT2D eigenvalue weighted by atomic mass is 19.1. The van der Waals surface area contributed by atoms with Crippen molar-refractivity contribution in [2.45, 2.75) is 51.7 Å². The van der Waals surface area contributed by atoms with Crippen molar-refractivity contribution in [1.29, 1.82) is 0 Å². The second-order valence-corrected chi connectivity index (χ2v) is 7.37. The average Bonchev–Trinajstić information content (AvgIpc) is 3.04. The summed E-state index contributed by atoms with van der Waals surface area (Å²) >= 11 is 0. The summed E-state index contributed by atoms with van der Waals surface area (Å²) < 4.78 is 13.1. The molecule has 6 heteroatoms. The molecule has 2 atom stereocenters. The highest BCUT2D eigenvalue weighted by molar-refractivity contribution is 6.01. The van der Waals surface area contributed by atoms with Gasteiger partial charge in [-0.3, -0.25) is 4.79 Å². The fraction of sp³-hybridized carbons (Fsp3) is 0.579. The van der Waals surface area contributed by atoms with Crippen LogP contribution in [0.3, 0.4) is 0 Å². The van der Waals surface area contributed by atoms with Crippen LogP contribution in [0.5, 0.6) is 0 Å². The molecular formula is C19H26FN3O2. The molecule has 0 aliphatic carbocycles. The summed E-state index contributed by atoms with van der Waals surface area (Å²) in [5, 5.41) is 10.6. The average molecular weight is 347 g/mol. The number of nitrogens with zero attached hydrogens (tertiary/aromatic N) is 1. The van der Waals surface area contributed by atoms with Gasteiger partial charge in [-0.05, 0) is 50.9 Å². The third kappa shape index (κ3) is 4.18. The normalized spacial score (nSPS) is 26.2. The van der Waals surface area contributed by atoms with E-state index in [0.29, 0.717) is 19.4 Å². The standard InChI is InChI=1S/C19H26FN3O2/c1-13(2)22-18(24)19(8-3-9-21-12-19)11-16-10-17(23-25-16)14-4-6-15(20)7-5-14/h4-7,13,16,21H,3,8-12H2,1-2H3,(H,22,24)/t16-,19+/m1/s1. The molecule has 2 N–H and O–H groups in total. The lowest BCUT2D eigenvalue weighted by Crippen LogP contribution is -2.53. The number of carbonyl (C=O) groups excluding carboxylic acids is 1. The molecule has 0 bridgehead atoms. The quantitative estimate of drug-likeness (QED) is 0.861. The van der Waals surface area contributed by atoms with Crippen molar-refractivity contribution in [3.8, 4) is 0 Å². The largest absolute Gasteiger partial charge is 0.392 e. The molecule has 5 nitrogen and oxygen atoms in total. The summed E-state index contributed by atoms with van der Waals surface area (Å²) in [6.07, 6.45) is 2.97. The molecule has 0 spiro atoms. The van der Waals surface area contributed by atoms with Gasteiger partial charge in [0.2, 0.25) is 5.91 Å². The molecule has 0 radical (unpaired) electrons. The highest BCUT2D eigenvalue weighted by Gasteiger charge is 2.43. The Kier molecular flexibility index (Phi) is 5.37. The highest BCUT2D eigenvalue weighted by Crippen LogP contribution is 2.35. The van der Waals surface area contributed by atoms with Gasteiger partial charge in [0.1, 0.15) is 11.9 Å². The van der Waals surface area contributed by atoms with Crippen molar-refractivity contribution < 1.29 is 14.0 Å². The van der Waals surface area contributed by atoms with Crippen LogP contribution in [-0.2, 0) is 9.63 Å². The van der Waals surface area contributed by atoms with Crippen LogP contribution >= 0.6 is 0 Å². The third-order valence-corrected chi connectivity index (χ3v) is 4.90. The lowest BCUT2D eigenvalue weighted by atomic mass is 9.74. The van der Waals surface area contributed by atoms with E-state index in [9.17, 15) is 9.18 Å². The van der Waals surface area contributed by atoms with E-state index in [4.69, 9.17) is 4.84 Å². The van der Waals surface area contributed by atoms with Crippen LogP contribution in [0, 0.1) is 11.2 Å². The zero-order valence-corrected chi connectivity index (χ0v) is 14.8. The molecule has 1 fully saturated rings. The zero-order chi connectivity index (χ0) is 17.9. The lowest BCUT2D eigenvalue weighted by molar-refractivity contribution is -0.135. The van der Waals surface area contributed by atoms with Gasteiger partial charge in [-0.2, -0.15) is 0 Å². The SMILES string of the molecule is CC(C)NC(=O)[C@]1(C[C@H]2CC(c3ccc(F)cc3)=NO2)CCCNC1. The molecule has 2 aliphatic rings. The Morgan fingerprint density at radius 3 is 2.84 bits per heavy atom. The smallest absolute Gasteiger partial charge is 0.227 e. The first-order valence-corrected chi connectivity index (χ1v) is 8.99. The van der Waals surface area contributed by atoms with Crippen LogP contribution in [0.2, 0.25) is 0 Å². The maximum atomic E-state index is 13.1. The van der Waals surface area contributed by atoms with Gasteiger partial charge < -0.3 is 15.5 Å². The van der Waals surface area contributed by atoms with Crippen LogP contribution in [0.15, 0.2) is 29.4 Å². The van der Waals surface area contributed by atoms with Gasteiger partial charge in [-0.25, -0.2) is 4.39 Å². The van der Waals surface area contributed by atoms with Crippen LogP contribution < -0.4 is 10.6 Å². The van der Waals surface area contributed by atoms with Crippen molar-refractivity contribution in [2.24, 2.45) is 10.6 Å². The summed E-state index contributed by atoms with van der Waals surface area (Å²) in [6, 6.07) is 6.38. The molecular weight excluding hydrogens is 321 g/mol. The fourth-order valence-electron chi connectivity index (χ4n) is 3.63. The number of oxime groups is 1. The Morgan fingerprint density at radius 1 is 1.44 bits per heavy atom. The molecule has 25 heavy (non-hydrogen) atoms. The van der Waals surface area contributed by atoms with Gasteiger partial charge in [-0.1, -0.05) is 17.3 Å². The molecule has 136 valence electrons. The number of rotatable bonds is 5. The Labute approximate surface area is 148 Å². The Balaban J connectivity index is 1.67. The number of benzene rings is 1. The summed E-state index contributed by atoms with van der Waals surface area (Å²) in [6.45, 7) is 5.56. The second-order valence-electron chi connectivity index (χ2n) is 7.37. The van der Waals surface area contributed by atoms with Crippen molar-refractivity contribution in [1.82, 2.24) is 10.6 Å². The first-order chi connectivity index (χ1) is 12.0. The van der Waals surface area contributed by atoms with E-state index in [1.807, 2.05) is 13.8 Å². The molecule has 1 aromatic rings. The second kappa shape index (κ2) is 7.52. The number of halogens is 1. The Morgan fingerprint density at radius 2 is 2.20 bits per heavy atom. The number of hydrogen-bond acceptors (Lipinski definition) is 4. The number of amides is 1. The van der Waals surface area contributed by atoms with Gasteiger partial charge in [0, 0.05) is 25.4 Å². The molecule has 0 unspecified atom stereocenters. The summed E-state index contributed by atoms with van der Waals surface area (Å²) in [5.41, 5.74) is 1.22. The van der Waals surface area contributed by atoms with Gasteiger partial charge in [0.25, 0.3) is 0 Å². The minimum absolute atomic E-state index is 0.0912. The summed E-state index contributed by atoms with van der Waals surface area (Å²) in [4.78, 5) is 18.4. The molecule has 0 saturated carbocycles. The number of carbonyl (C=O) groups is 1. The van der Waals surface area contributed by atoms with Gasteiger partial charge >= 0.3 is 0 Å². The van der Waals surface area contributed by atoms with E-state index in [0.717, 1.165) is 30.7 Å². The zero-order valence-electron chi connectivity index (χ0n) is 14.8. The van der Waals surface area contributed by atoms with Crippen molar-refractivity contribution in [3.63, 3.8) is 0 Å². The lowest BCUT2D eigenvalue weighted by Gasteiger charge is -2.38. The van der Waals surface area contributed by atoms with Crippen LogP contribution in [-0.4, -0.2) is 36.9 Å². The maximum Gasteiger partial charge on any atom is 0.227 e. The third-order valence-electron chi connectivity index (χ3n) is 4.90. The van der Waals surface area contributed by atoms with Crippen LogP contribution in [0.1, 0.15) is 45.1 Å². The fourth-order valence-corrected chi connectivity index (χ4v) is 3.63. The minimum Gasteiger partial charge on any atom is -0.392 e. The summed E-state index contributed by atoms with van der Waals surface area (Å²) in [5.74, 6) is -0.175. The van der Waals surface area contributed by atoms with Crippen LogP contribution in [0.25, 0.3) is 0 Å².